The molecule has 3 aromatic rings. The van der Waals surface area contributed by atoms with Crippen LogP contribution in [0.1, 0.15) is 24.1 Å². The molecule has 0 atom stereocenters. The van der Waals surface area contributed by atoms with Crippen molar-refractivity contribution in [3.05, 3.63) is 23.4 Å². The molecule has 0 unspecified atom stereocenters. The van der Waals surface area contributed by atoms with Crippen LogP contribution in [0.5, 0.6) is 0 Å². The molecule has 0 fully saturated rings. The summed E-state index contributed by atoms with van der Waals surface area (Å²) in [6.45, 7) is 0. The average molecular weight is 228 g/mol. The van der Waals surface area contributed by atoms with E-state index in [1.165, 1.54) is 16.7 Å². The molecular formula is C12H12N4O. The number of nitrogens with zero attached hydrogens (tertiary/aromatic N) is 3. The van der Waals surface area contributed by atoms with E-state index in [-0.39, 0.29) is 0 Å². The highest BCUT2D eigenvalue weighted by Crippen LogP contribution is 2.34. The third-order valence-corrected chi connectivity index (χ3v) is 3.69. The third kappa shape index (κ3) is 1.03. The van der Waals surface area contributed by atoms with Crippen LogP contribution in [0.15, 0.2) is 12.1 Å². The molecule has 0 aliphatic heterocycles. The number of aromatic nitrogens is 4. The van der Waals surface area contributed by atoms with E-state index in [0.29, 0.717) is 0 Å². The highest BCUT2D eigenvalue weighted by Gasteiger charge is 2.22. The van der Waals surface area contributed by atoms with Gasteiger partial charge < -0.3 is 5.21 Å². The predicted molar refractivity (Wildman–Crippen MR) is 63.2 cm³/mol. The van der Waals surface area contributed by atoms with Crippen LogP contribution in [0.3, 0.4) is 0 Å². The Hall–Kier alpha value is -2.04. The Balaban J connectivity index is 2.25. The van der Waals surface area contributed by atoms with E-state index in [0.717, 1.165) is 46.9 Å². The van der Waals surface area contributed by atoms with Crippen LogP contribution < -0.4 is 0 Å². The fourth-order valence-corrected chi connectivity index (χ4v) is 2.91. The van der Waals surface area contributed by atoms with Crippen LogP contribution in [0.2, 0.25) is 0 Å². The van der Waals surface area contributed by atoms with Gasteiger partial charge >= 0.3 is 0 Å². The van der Waals surface area contributed by atoms with Crippen molar-refractivity contribution in [2.24, 2.45) is 0 Å². The van der Waals surface area contributed by atoms with Crippen LogP contribution in [-0.2, 0) is 12.8 Å². The Morgan fingerprint density at radius 3 is 3.00 bits per heavy atom. The van der Waals surface area contributed by atoms with Crippen LogP contribution in [0, 0.1) is 0 Å². The van der Waals surface area contributed by atoms with Gasteiger partial charge in [0.25, 0.3) is 0 Å². The fourth-order valence-electron chi connectivity index (χ4n) is 2.91. The Morgan fingerprint density at radius 1 is 1.18 bits per heavy atom. The minimum Gasteiger partial charge on any atom is -0.428 e. The van der Waals surface area contributed by atoms with Gasteiger partial charge in [-0.1, -0.05) is 0 Å². The SMILES string of the molecule is On1c2c(c3c4n[nH]nc4ccc31)CCCC2. The summed E-state index contributed by atoms with van der Waals surface area (Å²) in [6, 6.07) is 3.80. The number of nitrogens with one attached hydrogen (secondary N) is 1. The van der Waals surface area contributed by atoms with Gasteiger partial charge in [0.05, 0.1) is 11.2 Å². The standard InChI is InChI=1S/C12H12N4O/c17-16-9-4-2-1-3-7(9)11-10(16)6-5-8-12(11)14-15-13-8/h5-6,17H,1-4H2,(H,13,14,15). The minimum absolute atomic E-state index is 0.846. The maximum absolute atomic E-state index is 10.2. The number of aromatic amines is 1. The molecule has 86 valence electrons. The number of benzene rings is 1. The second-order valence-electron chi connectivity index (χ2n) is 4.60. The lowest BCUT2D eigenvalue weighted by molar-refractivity contribution is 0.188. The van der Waals surface area contributed by atoms with Gasteiger partial charge in [-0.05, 0) is 43.4 Å². The van der Waals surface area contributed by atoms with Gasteiger partial charge in [0.15, 0.2) is 0 Å². The van der Waals surface area contributed by atoms with E-state index in [1.807, 2.05) is 12.1 Å². The fraction of sp³-hybridized carbons (Fsp3) is 0.333. The van der Waals surface area contributed by atoms with Crippen molar-refractivity contribution in [2.45, 2.75) is 25.7 Å². The molecule has 5 nitrogen and oxygen atoms in total. The largest absolute Gasteiger partial charge is 0.428 e. The first kappa shape index (κ1) is 9.04. The average Bonchev–Trinajstić information content (AvgIpc) is 2.93. The van der Waals surface area contributed by atoms with E-state index < -0.39 is 0 Å². The zero-order valence-electron chi connectivity index (χ0n) is 9.27. The van der Waals surface area contributed by atoms with E-state index in [9.17, 15) is 5.21 Å². The summed E-state index contributed by atoms with van der Waals surface area (Å²) < 4.78 is 1.33. The van der Waals surface area contributed by atoms with E-state index in [1.54, 1.807) is 0 Å². The van der Waals surface area contributed by atoms with Crippen LogP contribution >= 0.6 is 0 Å². The molecule has 2 N–H and O–H groups in total. The van der Waals surface area contributed by atoms with Crippen molar-refractivity contribution in [1.29, 1.82) is 0 Å². The van der Waals surface area contributed by atoms with Crippen LogP contribution in [-0.4, -0.2) is 25.3 Å². The topological polar surface area (TPSA) is 66.7 Å². The number of aryl methyl sites for hydroxylation is 1. The molecule has 0 radical (unpaired) electrons. The molecule has 17 heavy (non-hydrogen) atoms. The van der Waals surface area contributed by atoms with Crippen molar-refractivity contribution >= 4 is 21.9 Å². The first-order valence-corrected chi connectivity index (χ1v) is 5.91. The zero-order valence-corrected chi connectivity index (χ0v) is 9.27. The molecule has 0 spiro atoms. The second-order valence-corrected chi connectivity index (χ2v) is 4.60. The molecule has 2 heterocycles. The number of hydrogen-bond acceptors (Lipinski definition) is 3. The Morgan fingerprint density at radius 2 is 2.06 bits per heavy atom. The van der Waals surface area contributed by atoms with Gasteiger partial charge in [0, 0.05) is 5.39 Å². The van der Waals surface area contributed by atoms with Gasteiger partial charge in [-0.15, -0.1) is 0 Å². The molecule has 0 saturated heterocycles. The van der Waals surface area contributed by atoms with Crippen LogP contribution in [0.4, 0.5) is 0 Å². The zero-order chi connectivity index (χ0) is 11.4. The Bertz CT molecular complexity index is 725. The van der Waals surface area contributed by atoms with E-state index >= 15 is 0 Å². The summed E-state index contributed by atoms with van der Waals surface area (Å²) in [5, 5.41) is 22.2. The quantitative estimate of drug-likeness (QED) is 0.578. The highest BCUT2D eigenvalue weighted by atomic mass is 16.5. The lowest BCUT2D eigenvalue weighted by Gasteiger charge is -2.11. The Labute approximate surface area is 97.0 Å². The van der Waals surface area contributed by atoms with Crippen molar-refractivity contribution in [3.63, 3.8) is 0 Å². The van der Waals surface area contributed by atoms with Crippen molar-refractivity contribution in [1.82, 2.24) is 20.1 Å². The molecule has 5 heteroatoms. The van der Waals surface area contributed by atoms with Gasteiger partial charge in [0.1, 0.15) is 11.0 Å². The first-order chi connectivity index (χ1) is 8.36. The van der Waals surface area contributed by atoms with Gasteiger partial charge in [-0.3, -0.25) is 0 Å². The maximum atomic E-state index is 10.2. The summed E-state index contributed by atoms with van der Waals surface area (Å²) in [7, 11) is 0. The van der Waals surface area contributed by atoms with E-state index in [2.05, 4.69) is 15.4 Å². The van der Waals surface area contributed by atoms with Crippen molar-refractivity contribution in [3.8, 4) is 0 Å². The highest BCUT2D eigenvalue weighted by molar-refractivity contribution is 6.05. The van der Waals surface area contributed by atoms with E-state index in [4.69, 9.17) is 0 Å². The molecule has 0 amide bonds. The lowest BCUT2D eigenvalue weighted by Crippen LogP contribution is -2.05. The second kappa shape index (κ2) is 3.00. The molecule has 0 saturated carbocycles. The summed E-state index contributed by atoms with van der Waals surface area (Å²) in [6.07, 6.45) is 4.29. The number of H-pyrrole nitrogens is 1. The number of rotatable bonds is 0. The predicted octanol–water partition coefficient (Wildman–Crippen LogP) is 2.03. The molecule has 1 aromatic carbocycles. The normalized spacial score (nSPS) is 15.5. The lowest BCUT2D eigenvalue weighted by atomic mass is 9.95. The summed E-state index contributed by atoms with van der Waals surface area (Å²) in [5.41, 5.74) is 4.86. The molecule has 0 bridgehead atoms. The maximum Gasteiger partial charge on any atom is 0.122 e. The van der Waals surface area contributed by atoms with Crippen molar-refractivity contribution in [2.75, 3.05) is 0 Å². The third-order valence-electron chi connectivity index (χ3n) is 3.69. The molecular weight excluding hydrogens is 216 g/mol. The molecule has 1 aliphatic carbocycles. The summed E-state index contributed by atoms with van der Waals surface area (Å²) in [4.78, 5) is 0. The molecule has 4 rings (SSSR count). The smallest absolute Gasteiger partial charge is 0.122 e. The minimum atomic E-state index is 0.846. The van der Waals surface area contributed by atoms with Gasteiger partial charge in [-0.25, -0.2) is 0 Å². The monoisotopic (exact) mass is 228 g/mol. The summed E-state index contributed by atoms with van der Waals surface area (Å²) in [5.74, 6) is 0. The first-order valence-electron chi connectivity index (χ1n) is 5.91. The number of hydrogen-bond donors (Lipinski definition) is 2. The molecule has 1 aliphatic rings. The van der Waals surface area contributed by atoms with Crippen LogP contribution in [0.25, 0.3) is 21.9 Å². The van der Waals surface area contributed by atoms with Gasteiger partial charge in [-0.2, -0.15) is 20.1 Å². The Kier molecular flexibility index (Phi) is 1.59. The van der Waals surface area contributed by atoms with Gasteiger partial charge in [0.2, 0.25) is 0 Å². The van der Waals surface area contributed by atoms with Crippen molar-refractivity contribution < 1.29 is 5.21 Å². The summed E-state index contributed by atoms with van der Waals surface area (Å²) >= 11 is 0. The molecule has 2 aromatic heterocycles. The number of fused-ring (bicyclic) bond motifs is 5.